The summed E-state index contributed by atoms with van der Waals surface area (Å²) in [7, 11) is 0. The second-order valence-electron chi connectivity index (χ2n) is 2.96. The van der Waals surface area contributed by atoms with Crippen molar-refractivity contribution in [2.45, 2.75) is 25.8 Å². The van der Waals surface area contributed by atoms with Crippen molar-refractivity contribution in [3.8, 4) is 0 Å². The van der Waals surface area contributed by atoms with Gasteiger partial charge in [-0.1, -0.05) is 0 Å². The maximum absolute atomic E-state index is 12.4. The van der Waals surface area contributed by atoms with Crippen molar-refractivity contribution in [3.63, 3.8) is 0 Å². The number of nitrogens with one attached hydrogen (secondary N) is 1. The molecule has 5 heteroatoms. The highest BCUT2D eigenvalue weighted by Gasteiger charge is 2.35. The normalized spacial score (nSPS) is 16.5. The Morgan fingerprint density at radius 3 is 2.58 bits per heavy atom. The number of hydrogen-bond acceptors (Lipinski definition) is 2. The molecule has 68 valence electrons. The number of hydrogen-bond donors (Lipinski definition) is 2. The van der Waals surface area contributed by atoms with Crippen LogP contribution in [0.2, 0.25) is 0 Å². The molecule has 0 aromatic carbocycles. The van der Waals surface area contributed by atoms with Gasteiger partial charge < -0.3 is 10.7 Å². The van der Waals surface area contributed by atoms with Crippen LogP contribution < -0.4 is 5.73 Å². The minimum atomic E-state index is -2.61. The molecule has 0 aliphatic rings. The van der Waals surface area contributed by atoms with E-state index in [0.29, 0.717) is 5.69 Å². The lowest BCUT2D eigenvalue weighted by Crippen LogP contribution is -2.41. The standard InChI is InChI=1S/C7H11F2N3/c1-4-5(12-3-11-4)7(2,10)6(8)9/h3,6H,10H2,1-2H3,(H,11,12). The number of alkyl halides is 2. The average Bonchev–Trinajstić information content (AvgIpc) is 2.35. The minimum Gasteiger partial charge on any atom is -0.348 e. The molecule has 0 aliphatic carbocycles. The smallest absolute Gasteiger partial charge is 0.261 e. The van der Waals surface area contributed by atoms with Gasteiger partial charge in [-0.2, -0.15) is 0 Å². The molecular weight excluding hydrogens is 164 g/mol. The molecule has 0 aliphatic heterocycles. The first kappa shape index (κ1) is 9.12. The lowest BCUT2D eigenvalue weighted by molar-refractivity contribution is 0.0600. The molecule has 0 bridgehead atoms. The molecule has 0 fully saturated rings. The Morgan fingerprint density at radius 2 is 2.25 bits per heavy atom. The van der Waals surface area contributed by atoms with E-state index in [2.05, 4.69) is 9.97 Å². The fourth-order valence-electron chi connectivity index (χ4n) is 1.01. The van der Waals surface area contributed by atoms with Crippen molar-refractivity contribution >= 4 is 0 Å². The molecule has 0 amide bonds. The zero-order valence-corrected chi connectivity index (χ0v) is 6.94. The quantitative estimate of drug-likeness (QED) is 0.708. The maximum atomic E-state index is 12.4. The van der Waals surface area contributed by atoms with Crippen molar-refractivity contribution < 1.29 is 8.78 Å². The van der Waals surface area contributed by atoms with Crippen molar-refractivity contribution in [2.75, 3.05) is 0 Å². The Balaban J connectivity index is 3.05. The van der Waals surface area contributed by atoms with E-state index in [4.69, 9.17) is 5.73 Å². The van der Waals surface area contributed by atoms with Crippen LogP contribution in [0.5, 0.6) is 0 Å². The van der Waals surface area contributed by atoms with Crippen LogP contribution in [0.3, 0.4) is 0 Å². The van der Waals surface area contributed by atoms with E-state index in [-0.39, 0.29) is 5.69 Å². The largest absolute Gasteiger partial charge is 0.348 e. The number of halogens is 2. The zero-order chi connectivity index (χ0) is 9.35. The number of nitrogens with two attached hydrogens (primary N) is 1. The van der Waals surface area contributed by atoms with Gasteiger partial charge in [0, 0.05) is 5.69 Å². The van der Waals surface area contributed by atoms with E-state index in [0.717, 1.165) is 0 Å². The SMILES string of the molecule is Cc1[nH]cnc1C(C)(N)C(F)F. The van der Waals surface area contributed by atoms with Crippen molar-refractivity contribution in [2.24, 2.45) is 5.73 Å². The summed E-state index contributed by atoms with van der Waals surface area (Å²) >= 11 is 0. The molecule has 0 radical (unpaired) electrons. The van der Waals surface area contributed by atoms with E-state index in [1.807, 2.05) is 0 Å². The van der Waals surface area contributed by atoms with Gasteiger partial charge >= 0.3 is 0 Å². The Morgan fingerprint density at radius 1 is 1.67 bits per heavy atom. The number of H-pyrrole nitrogens is 1. The minimum absolute atomic E-state index is 0.220. The molecule has 1 unspecified atom stereocenters. The Labute approximate surface area is 69.0 Å². The van der Waals surface area contributed by atoms with E-state index >= 15 is 0 Å². The molecule has 12 heavy (non-hydrogen) atoms. The summed E-state index contributed by atoms with van der Waals surface area (Å²) < 4.78 is 24.8. The summed E-state index contributed by atoms with van der Waals surface area (Å²) in [6, 6.07) is 0. The number of aromatic amines is 1. The third kappa shape index (κ3) is 1.32. The molecule has 1 aromatic rings. The monoisotopic (exact) mass is 175 g/mol. The molecule has 1 rings (SSSR count). The first-order valence-corrected chi connectivity index (χ1v) is 3.53. The third-order valence-corrected chi connectivity index (χ3v) is 1.79. The molecule has 1 atom stereocenters. The Kier molecular flexibility index (Phi) is 2.14. The molecule has 0 spiro atoms. The number of nitrogens with zero attached hydrogens (tertiary/aromatic N) is 1. The van der Waals surface area contributed by atoms with Gasteiger partial charge in [0.15, 0.2) is 0 Å². The van der Waals surface area contributed by atoms with Gasteiger partial charge in [0.1, 0.15) is 5.54 Å². The first-order chi connectivity index (χ1) is 5.46. The summed E-state index contributed by atoms with van der Waals surface area (Å²) in [5, 5.41) is 0. The molecule has 1 heterocycles. The molecule has 3 N–H and O–H groups in total. The fraction of sp³-hybridized carbons (Fsp3) is 0.571. The maximum Gasteiger partial charge on any atom is 0.261 e. The van der Waals surface area contributed by atoms with Crippen LogP contribution >= 0.6 is 0 Å². The molecule has 0 saturated heterocycles. The van der Waals surface area contributed by atoms with E-state index in [9.17, 15) is 8.78 Å². The van der Waals surface area contributed by atoms with Crippen molar-refractivity contribution in [1.29, 1.82) is 0 Å². The molecule has 1 aromatic heterocycles. The Hall–Kier alpha value is -0.970. The van der Waals surface area contributed by atoms with Crippen LogP contribution in [0.4, 0.5) is 8.78 Å². The zero-order valence-electron chi connectivity index (χ0n) is 6.94. The number of rotatable bonds is 2. The average molecular weight is 175 g/mol. The second-order valence-corrected chi connectivity index (χ2v) is 2.96. The van der Waals surface area contributed by atoms with Gasteiger partial charge in [-0.25, -0.2) is 13.8 Å². The number of aryl methyl sites for hydroxylation is 1. The van der Waals surface area contributed by atoms with Crippen LogP contribution in [0.25, 0.3) is 0 Å². The lowest BCUT2D eigenvalue weighted by atomic mass is 9.99. The summed E-state index contributed by atoms with van der Waals surface area (Å²) in [5.74, 6) is 0. The van der Waals surface area contributed by atoms with Gasteiger partial charge in [-0.05, 0) is 13.8 Å². The van der Waals surface area contributed by atoms with Gasteiger partial charge in [-0.15, -0.1) is 0 Å². The molecular formula is C7H11F2N3. The van der Waals surface area contributed by atoms with Crippen LogP contribution in [0, 0.1) is 6.92 Å². The second kappa shape index (κ2) is 2.82. The Bertz CT molecular complexity index is 267. The first-order valence-electron chi connectivity index (χ1n) is 3.53. The lowest BCUT2D eigenvalue weighted by Gasteiger charge is -2.21. The van der Waals surface area contributed by atoms with E-state index in [1.54, 1.807) is 6.92 Å². The van der Waals surface area contributed by atoms with Crippen LogP contribution in [0.15, 0.2) is 6.33 Å². The van der Waals surface area contributed by atoms with Crippen LogP contribution in [-0.4, -0.2) is 16.4 Å². The van der Waals surface area contributed by atoms with E-state index < -0.39 is 12.0 Å². The summed E-state index contributed by atoms with van der Waals surface area (Å²) in [5.41, 5.74) is 4.53. The highest BCUT2D eigenvalue weighted by atomic mass is 19.3. The van der Waals surface area contributed by atoms with Crippen LogP contribution in [-0.2, 0) is 5.54 Å². The van der Waals surface area contributed by atoms with E-state index in [1.165, 1.54) is 13.3 Å². The van der Waals surface area contributed by atoms with Gasteiger partial charge in [-0.3, -0.25) is 0 Å². The van der Waals surface area contributed by atoms with Gasteiger partial charge in [0.05, 0.1) is 12.0 Å². The van der Waals surface area contributed by atoms with Crippen LogP contribution in [0.1, 0.15) is 18.3 Å². The number of imidazole rings is 1. The predicted molar refractivity (Wildman–Crippen MR) is 40.9 cm³/mol. The van der Waals surface area contributed by atoms with Crippen molar-refractivity contribution in [1.82, 2.24) is 9.97 Å². The third-order valence-electron chi connectivity index (χ3n) is 1.79. The fourth-order valence-corrected chi connectivity index (χ4v) is 1.01. The summed E-state index contributed by atoms with van der Waals surface area (Å²) in [4.78, 5) is 6.45. The van der Waals surface area contributed by atoms with Gasteiger partial charge in [0.2, 0.25) is 0 Å². The molecule has 3 nitrogen and oxygen atoms in total. The summed E-state index contributed by atoms with van der Waals surface area (Å²) in [6.45, 7) is 2.93. The van der Waals surface area contributed by atoms with Crippen molar-refractivity contribution in [3.05, 3.63) is 17.7 Å². The topological polar surface area (TPSA) is 54.7 Å². The van der Waals surface area contributed by atoms with Gasteiger partial charge in [0.25, 0.3) is 6.43 Å². The highest BCUT2D eigenvalue weighted by Crippen LogP contribution is 2.24. The predicted octanol–water partition coefficient (Wildman–Crippen LogP) is 1.16. The summed E-state index contributed by atoms with van der Waals surface area (Å²) in [6.07, 6.45) is -1.25. The highest BCUT2D eigenvalue weighted by molar-refractivity contribution is 5.19. The molecule has 0 saturated carbocycles. The number of aromatic nitrogens is 2.